The summed E-state index contributed by atoms with van der Waals surface area (Å²) in [6, 6.07) is 3.46. The highest BCUT2D eigenvalue weighted by Gasteiger charge is 2.00. The summed E-state index contributed by atoms with van der Waals surface area (Å²) < 4.78 is 0. The quantitative estimate of drug-likeness (QED) is 0.540. The molecule has 0 saturated heterocycles. The highest BCUT2D eigenvalue weighted by Crippen LogP contribution is 2.02. The first-order chi connectivity index (χ1) is 6.29. The Balaban J connectivity index is 0.000000251. The lowest BCUT2D eigenvalue weighted by Crippen LogP contribution is -1.92. The van der Waals surface area contributed by atoms with Crippen LogP contribution >= 0.6 is 23.2 Å². The lowest BCUT2D eigenvalue weighted by atomic mass is 10.4. The van der Waals surface area contributed by atoms with Crippen molar-refractivity contribution in [3.63, 3.8) is 0 Å². The molecule has 7 heteroatoms. The van der Waals surface area contributed by atoms with Crippen molar-refractivity contribution in [2.24, 2.45) is 0 Å². The van der Waals surface area contributed by atoms with Crippen LogP contribution in [-0.4, -0.2) is 30.7 Å². The molecule has 2 heterocycles. The van der Waals surface area contributed by atoms with Crippen molar-refractivity contribution in [3.8, 4) is 0 Å². The standard InChI is InChI=1S/C5H4N4O.CH2Cl2/c10-9-5-4(7-8-9)2-1-3-6-5;2-1-3/h1-3,10H;1H2. The molecule has 0 unspecified atom stereocenters. The number of pyridine rings is 1. The summed E-state index contributed by atoms with van der Waals surface area (Å²) in [5, 5.41) is 16.1. The van der Waals surface area contributed by atoms with Crippen molar-refractivity contribution < 1.29 is 5.21 Å². The molecule has 0 aliphatic heterocycles. The smallest absolute Gasteiger partial charge is 0.219 e. The third kappa shape index (κ3) is 2.43. The predicted molar refractivity (Wildman–Crippen MR) is 49.1 cm³/mol. The largest absolute Gasteiger partial charge is 0.409 e. The summed E-state index contributed by atoms with van der Waals surface area (Å²) in [5.74, 6) is 0. The lowest BCUT2D eigenvalue weighted by molar-refractivity contribution is 0.153. The summed E-state index contributed by atoms with van der Waals surface area (Å²) in [5.41, 5.74) is 0.965. The second-order valence-electron chi connectivity index (χ2n) is 1.93. The summed E-state index contributed by atoms with van der Waals surface area (Å²) >= 11 is 9.53. The number of nitrogens with zero attached hydrogens (tertiary/aromatic N) is 4. The van der Waals surface area contributed by atoms with E-state index in [0.717, 1.165) is 0 Å². The molecule has 2 aromatic heterocycles. The van der Waals surface area contributed by atoms with E-state index < -0.39 is 0 Å². The minimum absolute atomic E-state index is 0.194. The van der Waals surface area contributed by atoms with Crippen molar-refractivity contribution in [3.05, 3.63) is 18.3 Å². The third-order valence-corrected chi connectivity index (χ3v) is 1.19. The van der Waals surface area contributed by atoms with E-state index in [-0.39, 0.29) is 5.34 Å². The fraction of sp³-hybridized carbons (Fsp3) is 0.167. The number of halogens is 2. The fourth-order valence-electron chi connectivity index (χ4n) is 0.754. The zero-order valence-electron chi connectivity index (χ0n) is 6.43. The van der Waals surface area contributed by atoms with Gasteiger partial charge < -0.3 is 5.21 Å². The van der Waals surface area contributed by atoms with Crippen LogP contribution in [0.2, 0.25) is 0 Å². The van der Waals surface area contributed by atoms with Gasteiger partial charge >= 0.3 is 0 Å². The maximum absolute atomic E-state index is 8.89. The molecule has 5 nitrogen and oxygen atoms in total. The Hall–Kier alpha value is -1.07. The Labute approximate surface area is 83.9 Å². The average molecular weight is 221 g/mol. The maximum Gasteiger partial charge on any atom is 0.219 e. The zero-order valence-corrected chi connectivity index (χ0v) is 7.94. The molecule has 0 fully saturated rings. The van der Waals surface area contributed by atoms with Crippen LogP contribution in [0.5, 0.6) is 0 Å². The predicted octanol–water partition coefficient (Wildman–Crippen LogP) is 1.49. The van der Waals surface area contributed by atoms with E-state index in [1.165, 1.54) is 0 Å². The topological polar surface area (TPSA) is 63.8 Å². The number of alkyl halides is 2. The summed E-state index contributed by atoms with van der Waals surface area (Å²) in [4.78, 5) is 4.48. The molecule has 0 atom stereocenters. The molecule has 0 radical (unpaired) electrons. The lowest BCUT2D eigenvalue weighted by Gasteiger charge is -1.85. The van der Waals surface area contributed by atoms with Crippen LogP contribution in [0.4, 0.5) is 0 Å². The molecular weight excluding hydrogens is 215 g/mol. The van der Waals surface area contributed by atoms with E-state index in [1.807, 2.05) is 0 Å². The first kappa shape index (κ1) is 10.0. The maximum atomic E-state index is 8.89. The minimum Gasteiger partial charge on any atom is -0.409 e. The van der Waals surface area contributed by atoms with Crippen molar-refractivity contribution in [1.29, 1.82) is 0 Å². The Morgan fingerprint density at radius 1 is 1.46 bits per heavy atom. The van der Waals surface area contributed by atoms with Gasteiger partial charge in [0.05, 0.1) is 5.34 Å². The van der Waals surface area contributed by atoms with Crippen molar-refractivity contribution in [2.75, 3.05) is 5.34 Å². The van der Waals surface area contributed by atoms with E-state index in [2.05, 4.69) is 15.3 Å². The molecule has 2 aromatic rings. The summed E-state index contributed by atoms with van der Waals surface area (Å²) in [6.07, 6.45) is 1.57. The first-order valence-corrected chi connectivity index (χ1v) is 4.34. The molecule has 13 heavy (non-hydrogen) atoms. The molecule has 1 N–H and O–H groups in total. The molecule has 0 spiro atoms. The van der Waals surface area contributed by atoms with E-state index in [0.29, 0.717) is 16.0 Å². The number of rotatable bonds is 0. The van der Waals surface area contributed by atoms with Gasteiger partial charge in [-0.15, -0.1) is 28.3 Å². The van der Waals surface area contributed by atoms with E-state index in [4.69, 9.17) is 28.4 Å². The van der Waals surface area contributed by atoms with Gasteiger partial charge in [-0.3, -0.25) is 0 Å². The van der Waals surface area contributed by atoms with Crippen LogP contribution < -0.4 is 0 Å². The van der Waals surface area contributed by atoms with Gasteiger partial charge in [0.15, 0.2) is 0 Å². The number of hydrogen-bond acceptors (Lipinski definition) is 4. The molecule has 0 aromatic carbocycles. The first-order valence-electron chi connectivity index (χ1n) is 3.27. The number of aromatic nitrogens is 4. The van der Waals surface area contributed by atoms with Gasteiger partial charge in [-0.1, -0.05) is 4.85 Å². The molecule has 0 bridgehead atoms. The Morgan fingerprint density at radius 3 is 2.77 bits per heavy atom. The van der Waals surface area contributed by atoms with Gasteiger partial charge in [0, 0.05) is 6.20 Å². The van der Waals surface area contributed by atoms with E-state index >= 15 is 0 Å². The van der Waals surface area contributed by atoms with E-state index in [9.17, 15) is 0 Å². The molecule has 0 saturated carbocycles. The van der Waals surface area contributed by atoms with Gasteiger partial charge in [0.2, 0.25) is 5.65 Å². The highest BCUT2D eigenvalue weighted by atomic mass is 35.5. The average Bonchev–Trinajstić information content (AvgIpc) is 2.50. The fourth-order valence-corrected chi connectivity index (χ4v) is 0.754. The van der Waals surface area contributed by atoms with Crippen LogP contribution in [0.3, 0.4) is 0 Å². The number of hydrogen-bond donors (Lipinski definition) is 1. The summed E-state index contributed by atoms with van der Waals surface area (Å²) in [7, 11) is 0. The van der Waals surface area contributed by atoms with Crippen LogP contribution in [0, 0.1) is 0 Å². The van der Waals surface area contributed by atoms with Crippen molar-refractivity contribution in [1.82, 2.24) is 20.1 Å². The summed E-state index contributed by atoms with van der Waals surface area (Å²) in [6.45, 7) is 0. The SMILES string of the molecule is ClCCl.On1nnc2cccnc21. The van der Waals surface area contributed by atoms with Crippen LogP contribution in [0.1, 0.15) is 0 Å². The highest BCUT2D eigenvalue weighted by molar-refractivity contribution is 6.40. The molecular formula is C6H6Cl2N4O. The van der Waals surface area contributed by atoms with Gasteiger partial charge in [0.1, 0.15) is 5.52 Å². The van der Waals surface area contributed by atoms with Crippen LogP contribution in [-0.2, 0) is 0 Å². The molecule has 2 rings (SSSR count). The normalized spacial score (nSPS) is 9.38. The number of fused-ring (bicyclic) bond motifs is 1. The Kier molecular flexibility index (Phi) is 3.72. The van der Waals surface area contributed by atoms with Crippen molar-refractivity contribution >= 4 is 34.4 Å². The molecule has 70 valence electrons. The molecule has 0 aliphatic carbocycles. The van der Waals surface area contributed by atoms with Gasteiger partial charge in [-0.25, -0.2) is 4.98 Å². The Bertz CT molecular complexity index is 377. The van der Waals surface area contributed by atoms with Gasteiger partial charge in [-0.05, 0) is 17.3 Å². The van der Waals surface area contributed by atoms with E-state index in [1.54, 1.807) is 18.3 Å². The van der Waals surface area contributed by atoms with Gasteiger partial charge in [0.25, 0.3) is 0 Å². The third-order valence-electron chi connectivity index (χ3n) is 1.19. The van der Waals surface area contributed by atoms with Crippen LogP contribution in [0.15, 0.2) is 18.3 Å². The second-order valence-corrected chi connectivity index (χ2v) is 2.73. The Morgan fingerprint density at radius 2 is 2.15 bits per heavy atom. The van der Waals surface area contributed by atoms with Gasteiger partial charge in [-0.2, -0.15) is 0 Å². The van der Waals surface area contributed by atoms with Crippen LogP contribution in [0.25, 0.3) is 11.2 Å². The minimum atomic E-state index is 0.194. The molecule has 0 amide bonds. The molecule has 0 aliphatic rings. The van der Waals surface area contributed by atoms with Crippen molar-refractivity contribution in [2.45, 2.75) is 0 Å². The monoisotopic (exact) mass is 220 g/mol. The second kappa shape index (κ2) is 4.84. The zero-order chi connectivity index (χ0) is 9.68.